The summed E-state index contributed by atoms with van der Waals surface area (Å²) in [7, 11) is 1.42. The van der Waals surface area contributed by atoms with Gasteiger partial charge in [-0.3, -0.25) is 4.79 Å². The highest BCUT2D eigenvalue weighted by atomic mass is 32.2. The van der Waals surface area contributed by atoms with Crippen LogP contribution in [0.5, 0.6) is 5.75 Å². The van der Waals surface area contributed by atoms with Crippen LogP contribution in [0, 0.1) is 12.7 Å². The van der Waals surface area contributed by atoms with Gasteiger partial charge in [-0.25, -0.2) is 9.37 Å². The van der Waals surface area contributed by atoms with Crippen molar-refractivity contribution >= 4 is 34.1 Å². The number of hydrogen-bond acceptors (Lipinski definition) is 5. The molecule has 2 aromatic carbocycles. The molecule has 0 atom stereocenters. The summed E-state index contributed by atoms with van der Waals surface area (Å²) in [6.45, 7) is 2.05. The average molecular weight is 403 g/mol. The lowest BCUT2D eigenvalue weighted by Crippen LogP contribution is -2.14. The van der Waals surface area contributed by atoms with E-state index in [4.69, 9.17) is 4.74 Å². The van der Waals surface area contributed by atoms with Crippen molar-refractivity contribution in [1.29, 1.82) is 0 Å². The number of aryl methyl sites for hydroxylation is 1. The molecule has 0 unspecified atom stereocenters. The smallest absolute Gasteiger partial charge is 0.236 e. The molecule has 0 fully saturated rings. The second-order valence-electron chi connectivity index (χ2n) is 5.92. The van der Waals surface area contributed by atoms with Crippen LogP contribution in [0.4, 0.5) is 9.52 Å². The number of thiazole rings is 1. The first kappa shape index (κ1) is 19.4. The summed E-state index contributed by atoms with van der Waals surface area (Å²) in [6.07, 6.45) is 0. The summed E-state index contributed by atoms with van der Waals surface area (Å²) in [5.74, 6) is 0.771. The fourth-order valence-electron chi connectivity index (χ4n) is 2.51. The molecule has 1 aromatic heterocycles. The quantitative estimate of drug-likeness (QED) is 0.595. The number of hydrogen-bond donors (Lipinski definition) is 1. The fraction of sp³-hybridized carbons (Fsp3) is 0.200. The molecule has 0 spiro atoms. The molecule has 3 aromatic rings. The molecular formula is C20H19FN2O2S2. The highest BCUT2D eigenvalue weighted by Crippen LogP contribution is 2.28. The van der Waals surface area contributed by atoms with Gasteiger partial charge in [0.2, 0.25) is 5.91 Å². The van der Waals surface area contributed by atoms with E-state index in [9.17, 15) is 9.18 Å². The summed E-state index contributed by atoms with van der Waals surface area (Å²) in [5, 5.41) is 5.09. The van der Waals surface area contributed by atoms with Crippen LogP contribution in [0.3, 0.4) is 0 Å². The lowest BCUT2D eigenvalue weighted by Gasteiger charge is -2.04. The molecule has 1 heterocycles. The van der Waals surface area contributed by atoms with Gasteiger partial charge in [-0.05, 0) is 30.7 Å². The lowest BCUT2D eigenvalue weighted by molar-refractivity contribution is -0.113. The first-order valence-corrected chi connectivity index (χ1v) is 10.3. The number of carbonyl (C=O) groups is 1. The molecule has 0 radical (unpaired) electrons. The summed E-state index contributed by atoms with van der Waals surface area (Å²) in [6, 6.07) is 12.9. The molecule has 0 bridgehead atoms. The standard InChI is InChI=1S/C20H19FN2O2S2/c1-13-4-3-5-14(8-13)10-26-12-19(24)23-20-22-17(11-27-20)15-6-7-18(25-2)16(21)9-15/h3-9,11H,10,12H2,1-2H3,(H,22,23,24). The van der Waals surface area contributed by atoms with E-state index < -0.39 is 5.82 Å². The predicted octanol–water partition coefficient (Wildman–Crippen LogP) is 5.14. The van der Waals surface area contributed by atoms with Crippen LogP contribution >= 0.6 is 23.1 Å². The van der Waals surface area contributed by atoms with Crippen molar-refractivity contribution in [2.24, 2.45) is 0 Å². The molecule has 1 N–H and O–H groups in total. The minimum atomic E-state index is -0.443. The topological polar surface area (TPSA) is 51.2 Å². The number of amides is 1. The van der Waals surface area contributed by atoms with Crippen molar-refractivity contribution in [3.63, 3.8) is 0 Å². The van der Waals surface area contributed by atoms with Gasteiger partial charge in [0, 0.05) is 16.7 Å². The van der Waals surface area contributed by atoms with E-state index in [2.05, 4.69) is 35.4 Å². The number of benzene rings is 2. The number of nitrogens with zero attached hydrogens (tertiary/aromatic N) is 1. The minimum Gasteiger partial charge on any atom is -0.494 e. The van der Waals surface area contributed by atoms with Gasteiger partial charge in [-0.2, -0.15) is 0 Å². The maximum Gasteiger partial charge on any atom is 0.236 e. The Morgan fingerprint density at radius 2 is 2.15 bits per heavy atom. The number of thioether (sulfide) groups is 1. The van der Waals surface area contributed by atoms with Crippen LogP contribution in [0.25, 0.3) is 11.3 Å². The Morgan fingerprint density at radius 1 is 1.30 bits per heavy atom. The second kappa shape index (κ2) is 9.01. The number of methoxy groups -OCH3 is 1. The number of nitrogens with one attached hydrogen (secondary N) is 1. The molecule has 3 rings (SSSR count). The van der Waals surface area contributed by atoms with Gasteiger partial charge in [-0.1, -0.05) is 29.8 Å². The maximum atomic E-state index is 13.8. The number of carbonyl (C=O) groups excluding carboxylic acids is 1. The van der Waals surface area contributed by atoms with Gasteiger partial charge in [0.1, 0.15) is 0 Å². The second-order valence-corrected chi connectivity index (χ2v) is 7.76. The highest BCUT2D eigenvalue weighted by Gasteiger charge is 2.11. The third kappa shape index (κ3) is 5.30. The minimum absolute atomic E-state index is 0.102. The van der Waals surface area contributed by atoms with Crippen molar-refractivity contribution in [3.8, 4) is 17.0 Å². The Labute approximate surface area is 165 Å². The number of ether oxygens (including phenoxy) is 1. The van der Waals surface area contributed by atoms with E-state index in [1.807, 2.05) is 6.07 Å². The molecule has 0 aliphatic rings. The third-order valence-corrected chi connectivity index (χ3v) is 5.54. The van der Waals surface area contributed by atoms with Crippen molar-refractivity contribution < 1.29 is 13.9 Å². The van der Waals surface area contributed by atoms with Crippen LogP contribution in [-0.4, -0.2) is 23.8 Å². The number of anilines is 1. The molecule has 1 amide bonds. The Hall–Kier alpha value is -2.38. The van der Waals surface area contributed by atoms with Crippen molar-refractivity contribution in [1.82, 2.24) is 4.98 Å². The van der Waals surface area contributed by atoms with E-state index in [1.165, 1.54) is 35.6 Å². The van der Waals surface area contributed by atoms with Gasteiger partial charge in [0.05, 0.1) is 18.6 Å². The Kier molecular flexibility index (Phi) is 6.47. The molecule has 27 heavy (non-hydrogen) atoms. The SMILES string of the molecule is COc1ccc(-c2csc(NC(=O)CSCc3cccc(C)c3)n2)cc1F. The summed E-state index contributed by atoms with van der Waals surface area (Å²) < 4.78 is 18.8. The monoisotopic (exact) mass is 402 g/mol. The number of rotatable bonds is 7. The summed E-state index contributed by atoms with van der Waals surface area (Å²) >= 11 is 2.87. The first-order valence-electron chi connectivity index (χ1n) is 8.28. The Bertz CT molecular complexity index is 943. The molecule has 0 saturated carbocycles. The zero-order valence-electron chi connectivity index (χ0n) is 15.0. The van der Waals surface area contributed by atoms with Crippen LogP contribution in [0.15, 0.2) is 47.8 Å². The summed E-state index contributed by atoms with van der Waals surface area (Å²) in [4.78, 5) is 16.5. The Balaban J connectivity index is 1.54. The first-order chi connectivity index (χ1) is 13.0. The largest absolute Gasteiger partial charge is 0.494 e. The van der Waals surface area contributed by atoms with E-state index >= 15 is 0 Å². The molecular weight excluding hydrogens is 383 g/mol. The van der Waals surface area contributed by atoms with Crippen molar-refractivity contribution in [2.75, 3.05) is 18.2 Å². The molecule has 4 nitrogen and oxygen atoms in total. The van der Waals surface area contributed by atoms with Gasteiger partial charge < -0.3 is 10.1 Å². The van der Waals surface area contributed by atoms with Crippen LogP contribution in [-0.2, 0) is 10.5 Å². The average Bonchev–Trinajstić information content (AvgIpc) is 3.10. The van der Waals surface area contributed by atoms with Gasteiger partial charge >= 0.3 is 0 Å². The predicted molar refractivity (Wildman–Crippen MR) is 110 cm³/mol. The zero-order valence-corrected chi connectivity index (χ0v) is 16.6. The highest BCUT2D eigenvalue weighted by molar-refractivity contribution is 7.99. The third-order valence-electron chi connectivity index (χ3n) is 3.78. The lowest BCUT2D eigenvalue weighted by atomic mass is 10.1. The molecule has 7 heteroatoms. The van der Waals surface area contributed by atoms with Crippen molar-refractivity contribution in [3.05, 3.63) is 64.8 Å². The summed E-state index contributed by atoms with van der Waals surface area (Å²) in [5.41, 5.74) is 3.66. The maximum absolute atomic E-state index is 13.8. The normalized spacial score (nSPS) is 10.6. The van der Waals surface area contributed by atoms with Crippen LogP contribution in [0.2, 0.25) is 0 Å². The van der Waals surface area contributed by atoms with Gasteiger partial charge in [0.15, 0.2) is 16.7 Å². The number of halogens is 1. The van der Waals surface area contributed by atoms with E-state index in [0.717, 1.165) is 5.75 Å². The van der Waals surface area contributed by atoms with Gasteiger partial charge in [0.25, 0.3) is 0 Å². The molecule has 0 aliphatic heterocycles. The fourth-order valence-corrected chi connectivity index (χ4v) is 4.02. The number of aromatic nitrogens is 1. The Morgan fingerprint density at radius 3 is 2.89 bits per heavy atom. The molecule has 0 saturated heterocycles. The zero-order chi connectivity index (χ0) is 19.2. The van der Waals surface area contributed by atoms with Gasteiger partial charge in [-0.15, -0.1) is 23.1 Å². The van der Waals surface area contributed by atoms with E-state index in [-0.39, 0.29) is 11.7 Å². The van der Waals surface area contributed by atoms with E-state index in [1.54, 1.807) is 29.3 Å². The van der Waals surface area contributed by atoms with Crippen LogP contribution < -0.4 is 10.1 Å². The van der Waals surface area contributed by atoms with Crippen LogP contribution in [0.1, 0.15) is 11.1 Å². The molecule has 0 aliphatic carbocycles. The molecule has 140 valence electrons. The van der Waals surface area contributed by atoms with Crippen molar-refractivity contribution in [2.45, 2.75) is 12.7 Å². The van der Waals surface area contributed by atoms with E-state index in [0.29, 0.717) is 22.1 Å².